The number of halogens is 2. The summed E-state index contributed by atoms with van der Waals surface area (Å²) < 4.78 is 29.4. The van der Waals surface area contributed by atoms with E-state index in [2.05, 4.69) is 14.8 Å². The molecule has 3 aliphatic rings. The highest BCUT2D eigenvalue weighted by Crippen LogP contribution is 2.66. The summed E-state index contributed by atoms with van der Waals surface area (Å²) in [4.78, 5) is 27.5. The van der Waals surface area contributed by atoms with E-state index >= 15 is 4.39 Å². The number of carbonyl (C=O) groups excluding carboxylic acids is 1. The van der Waals surface area contributed by atoms with Gasteiger partial charge in [-0.05, 0) is 54.3 Å². The van der Waals surface area contributed by atoms with Gasteiger partial charge in [0.2, 0.25) is 11.6 Å². The van der Waals surface area contributed by atoms with Gasteiger partial charge in [0.05, 0.1) is 17.8 Å². The molecule has 6 nitrogen and oxygen atoms in total. The average Bonchev–Trinajstić information content (AvgIpc) is 3.51. The highest BCUT2D eigenvalue weighted by molar-refractivity contribution is 8.15. The molecule has 0 radical (unpaired) electrons. The monoisotopic (exact) mass is 527 g/mol. The van der Waals surface area contributed by atoms with Crippen LogP contribution in [0.1, 0.15) is 41.3 Å². The molecule has 0 saturated heterocycles. The number of aliphatic imine (C=N–C) groups is 1. The van der Waals surface area contributed by atoms with Crippen LogP contribution in [0.2, 0.25) is 0 Å². The van der Waals surface area contributed by atoms with E-state index in [4.69, 9.17) is 12.3 Å². The number of rotatable bonds is 4. The second kappa shape index (κ2) is 8.77. The third kappa shape index (κ3) is 3.87. The lowest BCUT2D eigenvalue weighted by Gasteiger charge is -2.35. The van der Waals surface area contributed by atoms with Gasteiger partial charge in [0.15, 0.2) is 5.17 Å². The van der Waals surface area contributed by atoms with Gasteiger partial charge >= 0.3 is 0 Å². The molecule has 0 bridgehead atoms. The molecule has 3 atom stereocenters. The smallest absolute Gasteiger partial charge is 0.240 e. The van der Waals surface area contributed by atoms with Gasteiger partial charge in [-0.1, -0.05) is 48.2 Å². The number of hydrogen-bond acceptors (Lipinski definition) is 5. The lowest BCUT2D eigenvalue weighted by molar-refractivity contribution is -0.132. The first-order valence-electron chi connectivity index (χ1n) is 12.1. The van der Waals surface area contributed by atoms with Crippen LogP contribution < -0.4 is 5.73 Å². The molecule has 2 N–H and O–H groups in total. The number of fused-ring (bicyclic) bond motifs is 2. The largest absolute Gasteiger partial charge is 0.378 e. The summed E-state index contributed by atoms with van der Waals surface area (Å²) in [6.45, 7) is 9.88. The van der Waals surface area contributed by atoms with Crippen molar-refractivity contribution in [2.45, 2.75) is 36.7 Å². The van der Waals surface area contributed by atoms with Crippen molar-refractivity contribution in [1.82, 2.24) is 9.88 Å². The molecule has 1 saturated carbocycles. The van der Waals surface area contributed by atoms with Crippen molar-refractivity contribution in [3.8, 4) is 0 Å². The molecule has 1 aromatic heterocycles. The molecular weight excluding hydrogens is 504 g/mol. The number of amides is 1. The van der Waals surface area contributed by atoms with E-state index in [9.17, 15) is 9.18 Å². The lowest BCUT2D eigenvalue weighted by Crippen LogP contribution is -2.44. The summed E-state index contributed by atoms with van der Waals surface area (Å²) in [6, 6.07) is 15.2. The number of hydrogen-bond donors (Lipinski definition) is 1. The molecule has 38 heavy (non-hydrogen) atoms. The van der Waals surface area contributed by atoms with Gasteiger partial charge in [0.25, 0.3) is 0 Å². The van der Waals surface area contributed by atoms with Crippen molar-refractivity contribution < 1.29 is 13.6 Å². The van der Waals surface area contributed by atoms with Crippen molar-refractivity contribution in [3.63, 3.8) is 0 Å². The van der Waals surface area contributed by atoms with Crippen LogP contribution in [-0.4, -0.2) is 25.7 Å². The van der Waals surface area contributed by atoms with Crippen LogP contribution in [0, 0.1) is 18.3 Å². The van der Waals surface area contributed by atoms with E-state index in [1.54, 1.807) is 13.0 Å². The van der Waals surface area contributed by atoms with E-state index in [0.29, 0.717) is 30.8 Å². The molecule has 0 unspecified atom stereocenters. The van der Waals surface area contributed by atoms with E-state index in [0.717, 1.165) is 11.1 Å². The molecule has 9 heteroatoms. The highest BCUT2D eigenvalue weighted by Gasteiger charge is 2.71. The molecule has 2 aliphatic heterocycles. The van der Waals surface area contributed by atoms with Crippen LogP contribution in [0.4, 0.5) is 14.5 Å². The summed E-state index contributed by atoms with van der Waals surface area (Å²) in [5, 5.41) is 0.238. The molecular formula is C29H23F2N5OS. The fourth-order valence-corrected chi connectivity index (χ4v) is 7.08. The minimum absolute atomic E-state index is 0.00999. The number of amidine groups is 1. The molecule has 3 heterocycles. The summed E-state index contributed by atoms with van der Waals surface area (Å²) in [7, 11) is 0. The zero-order valence-electron chi connectivity index (χ0n) is 20.5. The molecule has 3 aromatic rings. The Kier molecular flexibility index (Phi) is 5.61. The quantitative estimate of drug-likeness (QED) is 0.434. The third-order valence-electron chi connectivity index (χ3n) is 7.66. The second-order valence-electron chi connectivity index (χ2n) is 10.0. The normalized spacial score (nSPS) is 25.7. The Morgan fingerprint density at radius 1 is 1.21 bits per heavy atom. The Morgan fingerprint density at radius 2 is 1.95 bits per heavy atom. The predicted molar refractivity (Wildman–Crippen MR) is 144 cm³/mol. The van der Waals surface area contributed by atoms with Gasteiger partial charge in [0, 0.05) is 30.8 Å². The Hall–Kier alpha value is -4.03. The van der Waals surface area contributed by atoms with E-state index in [1.165, 1.54) is 48.3 Å². The highest BCUT2D eigenvalue weighted by atomic mass is 32.2. The van der Waals surface area contributed by atoms with Crippen LogP contribution in [0.5, 0.6) is 0 Å². The fourth-order valence-electron chi connectivity index (χ4n) is 5.63. The Morgan fingerprint density at radius 3 is 2.61 bits per heavy atom. The van der Waals surface area contributed by atoms with Crippen molar-refractivity contribution in [3.05, 3.63) is 106 Å². The molecule has 1 aliphatic carbocycles. The molecule has 1 amide bonds. The first kappa shape index (κ1) is 24.3. The number of aromatic nitrogens is 1. The van der Waals surface area contributed by atoms with Crippen molar-refractivity contribution in [1.29, 1.82) is 0 Å². The number of nitrogens with zero attached hydrogens (tertiary/aromatic N) is 4. The Bertz CT molecular complexity index is 1560. The SMILES string of the molecule is [C-]#[N+]c1ccc(/C(F)=C/c2ccc(F)c([C@@]3(C)N=C(N)S[C@@]4(C(=O)N5Cc6ccccc6C5)C[C@H]43)c2)nc1. The van der Waals surface area contributed by atoms with Gasteiger partial charge in [-0.3, -0.25) is 14.8 Å². The molecule has 190 valence electrons. The minimum atomic E-state index is -1.09. The topological polar surface area (TPSA) is 75.9 Å². The summed E-state index contributed by atoms with van der Waals surface area (Å²) in [6.07, 6.45) is 3.09. The molecule has 0 spiro atoms. The lowest BCUT2D eigenvalue weighted by atomic mass is 9.84. The third-order valence-corrected chi connectivity index (χ3v) is 8.95. The van der Waals surface area contributed by atoms with Gasteiger partial charge in [-0.15, -0.1) is 0 Å². The van der Waals surface area contributed by atoms with Gasteiger partial charge in [0.1, 0.15) is 16.4 Å². The number of thioether (sulfide) groups is 1. The van der Waals surface area contributed by atoms with Crippen molar-refractivity contribution in [2.24, 2.45) is 16.6 Å². The number of nitrogens with two attached hydrogens (primary N) is 1. The number of carbonyl (C=O) groups is 1. The maximum absolute atomic E-state index is 15.3. The predicted octanol–water partition coefficient (Wildman–Crippen LogP) is 5.82. The number of pyridine rings is 1. The summed E-state index contributed by atoms with van der Waals surface area (Å²) >= 11 is 1.27. The number of benzene rings is 2. The average molecular weight is 528 g/mol. The van der Waals surface area contributed by atoms with Gasteiger partial charge in [-0.25, -0.2) is 13.6 Å². The first-order chi connectivity index (χ1) is 18.2. The molecule has 2 aromatic carbocycles. The van der Waals surface area contributed by atoms with Crippen LogP contribution >= 0.6 is 11.8 Å². The second-order valence-corrected chi connectivity index (χ2v) is 11.4. The van der Waals surface area contributed by atoms with E-state index in [-0.39, 0.29) is 28.3 Å². The van der Waals surface area contributed by atoms with Crippen LogP contribution in [-0.2, 0) is 23.4 Å². The van der Waals surface area contributed by atoms with Crippen LogP contribution in [0.3, 0.4) is 0 Å². The first-order valence-corrected chi connectivity index (χ1v) is 13.0. The van der Waals surface area contributed by atoms with Gasteiger partial charge < -0.3 is 10.6 Å². The standard InChI is InChI=1S/C29H23F2N5OS/c1-28(21-11-17(7-9-22(21)30)12-23(31)24-10-8-20(33-2)14-34-24)25-13-29(25,38-27(32)35-28)26(37)36-15-18-5-3-4-6-19(18)16-36/h3-12,14,25H,13,15-16H2,1H3,(H2,32,35)/b23-12-/t25-,28+,29-/m0/s1. The van der Waals surface area contributed by atoms with Crippen LogP contribution in [0.15, 0.2) is 65.8 Å². The van der Waals surface area contributed by atoms with Crippen molar-refractivity contribution in [2.75, 3.05) is 0 Å². The summed E-state index contributed by atoms with van der Waals surface area (Å²) in [5.41, 5.74) is 8.51. The molecule has 1 fully saturated rings. The maximum Gasteiger partial charge on any atom is 0.240 e. The van der Waals surface area contributed by atoms with Gasteiger partial charge in [-0.2, -0.15) is 0 Å². The van der Waals surface area contributed by atoms with E-state index in [1.807, 2.05) is 29.2 Å². The maximum atomic E-state index is 15.3. The summed E-state index contributed by atoms with van der Waals surface area (Å²) in [5.74, 6) is -1.37. The Balaban J connectivity index is 1.31. The zero-order valence-corrected chi connectivity index (χ0v) is 21.3. The van der Waals surface area contributed by atoms with Crippen LogP contribution in [0.25, 0.3) is 16.7 Å². The molecule has 6 rings (SSSR count). The Labute approximate surface area is 223 Å². The van der Waals surface area contributed by atoms with Crippen molar-refractivity contribution >= 4 is 40.4 Å². The zero-order chi connectivity index (χ0) is 26.7. The van der Waals surface area contributed by atoms with E-state index < -0.39 is 21.9 Å². The fraction of sp³-hybridized carbons (Fsp3) is 0.241. The minimum Gasteiger partial charge on any atom is -0.378 e.